The molecule has 1 aromatic heterocycles. The minimum Gasteiger partial charge on any atom is -0.494 e. The Morgan fingerprint density at radius 1 is 0.968 bits per heavy atom. The molecule has 0 saturated carbocycles. The van der Waals surface area contributed by atoms with Gasteiger partial charge in [0.2, 0.25) is 0 Å². The summed E-state index contributed by atoms with van der Waals surface area (Å²) in [5, 5.41) is 2.99. The second kappa shape index (κ2) is 10.3. The van der Waals surface area contributed by atoms with Crippen LogP contribution >= 0.6 is 15.9 Å². The highest BCUT2D eigenvalue weighted by Gasteiger charge is 2.11. The Morgan fingerprint density at radius 3 is 2.52 bits per heavy atom. The summed E-state index contributed by atoms with van der Waals surface area (Å²) in [6, 6.07) is 25.3. The fraction of sp³-hybridized carbons (Fsp3) is 0.200. The first-order valence-corrected chi connectivity index (χ1v) is 11.2. The smallest absolute Gasteiger partial charge is 0.251 e. The highest BCUT2D eigenvalue weighted by atomic mass is 79.9. The molecule has 1 heterocycles. The van der Waals surface area contributed by atoms with Crippen molar-refractivity contribution in [2.75, 3.05) is 13.2 Å². The van der Waals surface area contributed by atoms with Crippen LogP contribution in [0.1, 0.15) is 22.6 Å². The number of nitrogens with zero attached hydrogens (tertiary/aromatic N) is 2. The molecule has 3 aromatic carbocycles. The number of nitrogens with one attached hydrogen (secondary N) is 1. The van der Waals surface area contributed by atoms with Crippen LogP contribution in [0.5, 0.6) is 5.75 Å². The van der Waals surface area contributed by atoms with Crippen molar-refractivity contribution < 1.29 is 9.53 Å². The largest absolute Gasteiger partial charge is 0.494 e. The number of hydrogen-bond acceptors (Lipinski definition) is 3. The molecule has 0 atom stereocenters. The standard InChI is InChI=1S/C25H24BrN3O2/c26-20-13-11-19(12-14-20)25(30)27-16-15-24-28-22-9-4-5-10-23(22)29(24)17-6-18-31-21-7-2-1-3-8-21/h1-5,7-14H,6,15-18H2,(H,27,30). The fourth-order valence-corrected chi connectivity index (χ4v) is 3.75. The molecule has 31 heavy (non-hydrogen) atoms. The van der Waals surface area contributed by atoms with Crippen LogP contribution in [-0.4, -0.2) is 28.6 Å². The molecule has 0 aliphatic rings. The molecule has 0 aliphatic heterocycles. The van der Waals surface area contributed by atoms with Gasteiger partial charge in [0.15, 0.2) is 0 Å². The summed E-state index contributed by atoms with van der Waals surface area (Å²) >= 11 is 3.39. The Labute approximate surface area is 190 Å². The van der Waals surface area contributed by atoms with Crippen molar-refractivity contribution in [2.45, 2.75) is 19.4 Å². The van der Waals surface area contributed by atoms with Gasteiger partial charge in [-0.25, -0.2) is 4.98 Å². The van der Waals surface area contributed by atoms with Crippen LogP contribution in [-0.2, 0) is 13.0 Å². The van der Waals surface area contributed by atoms with Crippen LogP contribution in [0, 0.1) is 0 Å². The van der Waals surface area contributed by atoms with Crippen LogP contribution in [0.2, 0.25) is 0 Å². The molecule has 4 rings (SSSR count). The van der Waals surface area contributed by atoms with Gasteiger partial charge in [-0.15, -0.1) is 0 Å². The highest BCUT2D eigenvalue weighted by Crippen LogP contribution is 2.17. The maximum atomic E-state index is 12.4. The number of imidazole rings is 1. The van der Waals surface area contributed by atoms with E-state index < -0.39 is 0 Å². The molecule has 5 nitrogen and oxygen atoms in total. The zero-order chi connectivity index (χ0) is 21.5. The number of fused-ring (bicyclic) bond motifs is 1. The van der Waals surface area contributed by atoms with E-state index in [-0.39, 0.29) is 5.91 Å². The van der Waals surface area contributed by atoms with Crippen LogP contribution in [0.3, 0.4) is 0 Å². The molecule has 0 bridgehead atoms. The van der Waals surface area contributed by atoms with E-state index in [4.69, 9.17) is 9.72 Å². The van der Waals surface area contributed by atoms with Crippen molar-refractivity contribution in [3.05, 3.63) is 94.7 Å². The second-order valence-corrected chi connectivity index (χ2v) is 8.11. The normalized spacial score (nSPS) is 10.9. The number of halogens is 1. The van der Waals surface area contributed by atoms with E-state index in [1.54, 1.807) is 12.1 Å². The average Bonchev–Trinajstić information content (AvgIpc) is 3.15. The quantitative estimate of drug-likeness (QED) is 0.335. The summed E-state index contributed by atoms with van der Waals surface area (Å²) in [5.74, 6) is 1.78. The summed E-state index contributed by atoms with van der Waals surface area (Å²) in [4.78, 5) is 17.2. The Bertz CT molecular complexity index is 1140. The number of benzene rings is 3. The fourth-order valence-electron chi connectivity index (χ4n) is 3.49. The summed E-state index contributed by atoms with van der Waals surface area (Å²) < 4.78 is 9.02. The average molecular weight is 478 g/mol. The van der Waals surface area contributed by atoms with Gasteiger partial charge in [0.1, 0.15) is 11.6 Å². The lowest BCUT2D eigenvalue weighted by molar-refractivity contribution is 0.0954. The third-order valence-corrected chi connectivity index (χ3v) is 5.54. The molecule has 4 aromatic rings. The Hall–Kier alpha value is -3.12. The van der Waals surface area contributed by atoms with Crippen LogP contribution in [0.25, 0.3) is 11.0 Å². The van der Waals surface area contributed by atoms with Gasteiger partial charge in [-0.05, 0) is 55.0 Å². The van der Waals surface area contributed by atoms with Crippen LogP contribution < -0.4 is 10.1 Å². The van der Waals surface area contributed by atoms with Gasteiger partial charge < -0.3 is 14.6 Å². The van der Waals surface area contributed by atoms with Crippen molar-refractivity contribution in [3.63, 3.8) is 0 Å². The number of carbonyl (C=O) groups is 1. The Morgan fingerprint density at radius 2 is 1.71 bits per heavy atom. The third kappa shape index (κ3) is 5.52. The molecular weight excluding hydrogens is 454 g/mol. The van der Waals surface area contributed by atoms with Gasteiger partial charge in [-0.3, -0.25) is 4.79 Å². The van der Waals surface area contributed by atoms with Crippen molar-refractivity contribution in [2.24, 2.45) is 0 Å². The topological polar surface area (TPSA) is 56.2 Å². The number of carbonyl (C=O) groups excluding carboxylic acids is 1. The molecule has 0 saturated heterocycles. The van der Waals surface area contributed by atoms with Gasteiger partial charge >= 0.3 is 0 Å². The van der Waals surface area contributed by atoms with E-state index in [1.165, 1.54) is 0 Å². The van der Waals surface area contributed by atoms with Crippen molar-refractivity contribution in [3.8, 4) is 5.75 Å². The van der Waals surface area contributed by atoms with E-state index in [9.17, 15) is 4.79 Å². The first-order valence-electron chi connectivity index (χ1n) is 10.4. The minimum atomic E-state index is -0.0774. The number of rotatable bonds is 9. The van der Waals surface area contributed by atoms with Gasteiger partial charge in [0.25, 0.3) is 5.91 Å². The zero-order valence-electron chi connectivity index (χ0n) is 17.1. The highest BCUT2D eigenvalue weighted by molar-refractivity contribution is 9.10. The van der Waals surface area contributed by atoms with Crippen molar-refractivity contribution in [1.29, 1.82) is 0 Å². The molecule has 0 radical (unpaired) electrons. The zero-order valence-corrected chi connectivity index (χ0v) is 18.7. The summed E-state index contributed by atoms with van der Waals surface area (Å²) in [7, 11) is 0. The lowest BCUT2D eigenvalue weighted by Crippen LogP contribution is -2.26. The van der Waals surface area contributed by atoms with E-state index in [1.807, 2.05) is 60.7 Å². The first kappa shape index (κ1) is 21.1. The lowest BCUT2D eigenvalue weighted by Gasteiger charge is -2.11. The maximum absolute atomic E-state index is 12.4. The minimum absolute atomic E-state index is 0.0774. The van der Waals surface area contributed by atoms with Gasteiger partial charge in [0, 0.05) is 29.5 Å². The number of para-hydroxylation sites is 3. The maximum Gasteiger partial charge on any atom is 0.251 e. The number of aryl methyl sites for hydroxylation is 1. The van der Waals surface area contributed by atoms with E-state index in [0.717, 1.165) is 40.0 Å². The van der Waals surface area contributed by atoms with Gasteiger partial charge in [-0.1, -0.05) is 46.3 Å². The van der Waals surface area contributed by atoms with Crippen molar-refractivity contribution in [1.82, 2.24) is 14.9 Å². The SMILES string of the molecule is O=C(NCCc1nc2ccccc2n1CCCOc1ccccc1)c1ccc(Br)cc1. The number of ether oxygens (including phenoxy) is 1. The number of amides is 1. The Kier molecular flexibility index (Phi) is 6.99. The molecule has 1 N–H and O–H groups in total. The van der Waals surface area contributed by atoms with E-state index in [0.29, 0.717) is 25.1 Å². The summed E-state index contributed by atoms with van der Waals surface area (Å²) in [5.41, 5.74) is 2.73. The van der Waals surface area contributed by atoms with E-state index >= 15 is 0 Å². The molecule has 0 fully saturated rings. The predicted octanol–water partition coefficient (Wildman–Crippen LogP) is 5.24. The van der Waals surface area contributed by atoms with Gasteiger partial charge in [-0.2, -0.15) is 0 Å². The van der Waals surface area contributed by atoms with Crippen LogP contribution in [0.4, 0.5) is 0 Å². The lowest BCUT2D eigenvalue weighted by atomic mass is 10.2. The molecule has 158 valence electrons. The first-order chi connectivity index (χ1) is 15.2. The third-order valence-electron chi connectivity index (χ3n) is 5.01. The number of aromatic nitrogens is 2. The van der Waals surface area contributed by atoms with E-state index in [2.05, 4.69) is 31.9 Å². The molecule has 0 unspecified atom stereocenters. The van der Waals surface area contributed by atoms with Crippen molar-refractivity contribution >= 4 is 32.9 Å². The molecule has 0 spiro atoms. The number of hydrogen-bond donors (Lipinski definition) is 1. The molecule has 1 amide bonds. The summed E-state index contributed by atoms with van der Waals surface area (Å²) in [6.45, 7) is 1.97. The molecular formula is C25H24BrN3O2. The van der Waals surface area contributed by atoms with Gasteiger partial charge in [0.05, 0.1) is 17.6 Å². The molecule has 6 heteroatoms. The summed E-state index contributed by atoms with van der Waals surface area (Å²) in [6.07, 6.45) is 1.53. The van der Waals surface area contributed by atoms with Crippen LogP contribution in [0.15, 0.2) is 83.3 Å². The molecule has 0 aliphatic carbocycles. The Balaban J connectivity index is 1.37. The predicted molar refractivity (Wildman–Crippen MR) is 126 cm³/mol. The second-order valence-electron chi connectivity index (χ2n) is 7.20. The monoisotopic (exact) mass is 477 g/mol.